The first-order valence-corrected chi connectivity index (χ1v) is 51.1. The number of carbonyl (C=O) groups is 3. The van der Waals surface area contributed by atoms with Crippen molar-refractivity contribution in [2.45, 2.75) is 437 Å². The van der Waals surface area contributed by atoms with Crippen molar-refractivity contribution in [3.05, 3.63) is 146 Å². The lowest BCUT2D eigenvalue weighted by atomic mass is 10.0. The third-order valence-corrected chi connectivity index (χ3v) is 22.4. The van der Waals surface area contributed by atoms with Gasteiger partial charge in [0.05, 0.1) is 26.4 Å². The third kappa shape index (κ3) is 94.0. The van der Waals surface area contributed by atoms with Crippen LogP contribution in [-0.4, -0.2) is 95.9 Å². The molecule has 0 aliphatic heterocycles. The van der Waals surface area contributed by atoms with Gasteiger partial charge in [-0.05, 0) is 148 Å². The molecule has 5 atom stereocenters. The molecule has 119 heavy (non-hydrogen) atoms. The van der Waals surface area contributed by atoms with Crippen LogP contribution in [0.1, 0.15) is 419 Å². The number of aliphatic hydroxyl groups is 2. The Morgan fingerprint density at radius 3 is 0.706 bits per heavy atom. The zero-order valence-electron chi connectivity index (χ0n) is 75.8. The molecule has 0 radical (unpaired) electrons. The number of rotatable bonds is 91. The summed E-state index contributed by atoms with van der Waals surface area (Å²) in [5.74, 6) is -1.57. The number of aliphatic hydroxyl groups excluding tert-OH is 2. The van der Waals surface area contributed by atoms with Crippen molar-refractivity contribution < 1.29 is 75.8 Å². The summed E-state index contributed by atoms with van der Waals surface area (Å²) in [7, 11) is -9.81. The minimum atomic E-state index is -4.95. The highest BCUT2D eigenvalue weighted by Gasteiger charge is 2.30. The summed E-state index contributed by atoms with van der Waals surface area (Å²) in [4.78, 5) is 59.0. The van der Waals surface area contributed by atoms with Crippen LogP contribution in [0.5, 0.6) is 0 Å². The van der Waals surface area contributed by atoms with Crippen molar-refractivity contribution in [2.75, 3.05) is 39.6 Å². The quantitative estimate of drug-likeness (QED) is 0.0146. The molecule has 686 valence electrons. The number of unbranched alkanes of at least 4 members (excludes halogenated alkanes) is 44. The highest BCUT2D eigenvalue weighted by Crippen LogP contribution is 2.45. The van der Waals surface area contributed by atoms with Gasteiger partial charge in [0.25, 0.3) is 0 Å². The highest BCUT2D eigenvalue weighted by atomic mass is 31.2. The molecule has 0 saturated carbocycles. The van der Waals surface area contributed by atoms with Crippen LogP contribution in [0, 0.1) is 0 Å². The average molecular weight is 1710 g/mol. The lowest BCUT2D eigenvalue weighted by Gasteiger charge is -2.21. The van der Waals surface area contributed by atoms with Crippen LogP contribution in [0.4, 0.5) is 0 Å². The van der Waals surface area contributed by atoms with E-state index >= 15 is 0 Å². The number of allylic oxidation sites excluding steroid dienone is 24. The first kappa shape index (κ1) is 114. The second kappa shape index (κ2) is 92.6. The topological polar surface area (TPSA) is 231 Å². The highest BCUT2D eigenvalue weighted by molar-refractivity contribution is 7.47. The van der Waals surface area contributed by atoms with Crippen molar-refractivity contribution in [3.63, 3.8) is 0 Å². The van der Waals surface area contributed by atoms with Crippen LogP contribution in [-0.2, 0) is 55.8 Å². The van der Waals surface area contributed by atoms with E-state index in [0.29, 0.717) is 19.3 Å². The Bertz CT molecular complexity index is 2740. The van der Waals surface area contributed by atoms with Gasteiger partial charge in [0.2, 0.25) is 0 Å². The van der Waals surface area contributed by atoms with Crippen LogP contribution in [0.3, 0.4) is 0 Å². The van der Waals surface area contributed by atoms with Crippen molar-refractivity contribution >= 4 is 33.6 Å². The molecule has 0 aliphatic carbocycles. The fourth-order valence-corrected chi connectivity index (χ4v) is 14.8. The normalized spacial score (nSPS) is 14.4. The van der Waals surface area contributed by atoms with Gasteiger partial charge >= 0.3 is 33.6 Å². The summed E-state index contributed by atoms with van der Waals surface area (Å²) in [6.45, 7) is 2.56. The monoisotopic (exact) mass is 1710 g/mol. The SMILES string of the molecule is CC/C=C\C/C=C\C/C=C\C/C=C\C/C=C\CCCCCCCCCCCCCCCCCC(=O)OCC(COP(=O)(O)OCC(O)COP(=O)(O)OCC(O)COC(=O)CCCCCCCCCCCCCCCCCCC/C=C\C/C=C\C/C=C\C/C=C\CCCCC)OC(=O)CCCCCCCC/C=C\C/C=C\C/C=C\CCCCC. The van der Waals surface area contributed by atoms with Crippen molar-refractivity contribution in [2.24, 2.45) is 0 Å². The van der Waals surface area contributed by atoms with Gasteiger partial charge in [-0.3, -0.25) is 32.5 Å². The molecule has 18 heteroatoms. The number of esters is 3. The third-order valence-electron chi connectivity index (χ3n) is 20.5. The van der Waals surface area contributed by atoms with Crippen LogP contribution < -0.4 is 0 Å². The van der Waals surface area contributed by atoms with Crippen LogP contribution in [0.15, 0.2) is 146 Å². The lowest BCUT2D eigenvalue weighted by Crippen LogP contribution is -2.30. The molecule has 0 aromatic carbocycles. The van der Waals surface area contributed by atoms with E-state index in [-0.39, 0.29) is 19.3 Å². The summed E-state index contributed by atoms with van der Waals surface area (Å²) in [5, 5.41) is 20.8. The first-order chi connectivity index (χ1) is 58.2. The molecule has 0 aromatic rings. The van der Waals surface area contributed by atoms with Crippen molar-refractivity contribution in [3.8, 4) is 0 Å². The maximum Gasteiger partial charge on any atom is 0.472 e. The maximum absolute atomic E-state index is 13.1. The van der Waals surface area contributed by atoms with Gasteiger partial charge in [-0.25, -0.2) is 9.13 Å². The molecule has 0 spiro atoms. The minimum absolute atomic E-state index is 0.0890. The van der Waals surface area contributed by atoms with Gasteiger partial charge in [0.15, 0.2) is 6.10 Å². The van der Waals surface area contributed by atoms with Crippen LogP contribution in [0.25, 0.3) is 0 Å². The molecule has 0 bridgehead atoms. The van der Waals surface area contributed by atoms with E-state index in [1.807, 2.05) is 0 Å². The number of ether oxygens (including phenoxy) is 3. The molecule has 0 aromatic heterocycles. The molecule has 0 rings (SSSR count). The molecule has 4 N–H and O–H groups in total. The average Bonchev–Trinajstić information content (AvgIpc) is 0.903. The van der Waals surface area contributed by atoms with Gasteiger partial charge in [-0.15, -0.1) is 0 Å². The molecule has 5 unspecified atom stereocenters. The molecule has 0 aliphatic rings. The number of carbonyl (C=O) groups excluding carboxylic acids is 3. The number of phosphoric ester groups is 2. The smallest absolute Gasteiger partial charge is 0.463 e. The van der Waals surface area contributed by atoms with Gasteiger partial charge < -0.3 is 34.2 Å². The zero-order valence-corrected chi connectivity index (χ0v) is 77.5. The Morgan fingerprint density at radius 1 is 0.244 bits per heavy atom. The van der Waals surface area contributed by atoms with Crippen LogP contribution in [0.2, 0.25) is 0 Å². The Morgan fingerprint density at radius 2 is 0.445 bits per heavy atom. The van der Waals surface area contributed by atoms with E-state index in [4.69, 9.17) is 32.3 Å². The minimum Gasteiger partial charge on any atom is -0.463 e. The molecule has 0 saturated heterocycles. The zero-order chi connectivity index (χ0) is 86.5. The summed E-state index contributed by atoms with van der Waals surface area (Å²) < 4.78 is 61.5. The standard InChI is InChI=1S/C101H176O16P2/c1-4-7-10-13-16-19-22-25-28-31-34-36-38-40-42-44-46-47-49-51-52-54-56-58-61-63-66-69-72-75-78-81-84-87-99(104)111-90-96(102)91-113-118(107,108)114-92-97(103)93-115-119(109,110)116-95-98(117-101(106)89-86-83-80-77-74-71-68-65-60-33-30-27-24-21-18-15-12-9-6-3)94-112-100(105)88-85-82-79-76-73-70-67-64-62-59-57-55-53-50-48-45-43-41-39-37-35-32-29-26-23-20-17-14-11-8-5-2/h8,11,16-21,25-30,34-37,40-43,60,65,96-98,102-103H,4-7,9-10,12-15,22-24,31-33,38-39,44-59,61-64,66-95H2,1-3H3,(H,107,108)(H,109,110)/b11-8-,19-16-,20-17-,21-18-,28-25-,29-26-,30-27-,36-34-,37-35-,42-40-,43-41-,65-60-. The Hall–Kier alpha value is -4.57. The molecule has 16 nitrogen and oxygen atoms in total. The Kier molecular flexibility index (Phi) is 89.1. The fraction of sp³-hybridized carbons (Fsp3) is 0.733. The van der Waals surface area contributed by atoms with E-state index in [1.165, 1.54) is 212 Å². The maximum atomic E-state index is 13.1. The van der Waals surface area contributed by atoms with E-state index in [0.717, 1.165) is 148 Å². The summed E-state index contributed by atoms with van der Waals surface area (Å²) in [5.41, 5.74) is 0. The number of hydrogen-bond donors (Lipinski definition) is 4. The molecule has 0 amide bonds. The fourth-order valence-electron chi connectivity index (χ4n) is 13.2. The second-order valence-corrected chi connectivity index (χ2v) is 35.0. The molecular formula is C101H176O16P2. The van der Waals surface area contributed by atoms with Gasteiger partial charge in [0, 0.05) is 19.3 Å². The Balaban J connectivity index is 4.52. The first-order valence-electron chi connectivity index (χ1n) is 48.1. The van der Waals surface area contributed by atoms with E-state index in [2.05, 4.69) is 167 Å². The lowest BCUT2D eigenvalue weighted by molar-refractivity contribution is -0.161. The summed E-state index contributed by atoms with van der Waals surface area (Å²) >= 11 is 0. The van der Waals surface area contributed by atoms with E-state index in [1.54, 1.807) is 0 Å². The van der Waals surface area contributed by atoms with E-state index < -0.39 is 91.5 Å². The van der Waals surface area contributed by atoms with E-state index in [9.17, 15) is 43.5 Å². The van der Waals surface area contributed by atoms with Gasteiger partial charge in [0.1, 0.15) is 25.4 Å². The molecule has 0 fully saturated rings. The number of hydrogen-bond acceptors (Lipinski definition) is 14. The van der Waals surface area contributed by atoms with Gasteiger partial charge in [-0.2, -0.15) is 0 Å². The van der Waals surface area contributed by atoms with Crippen molar-refractivity contribution in [1.82, 2.24) is 0 Å². The number of phosphoric acid groups is 2. The largest absolute Gasteiger partial charge is 0.472 e. The van der Waals surface area contributed by atoms with Gasteiger partial charge in [-0.1, -0.05) is 398 Å². The second-order valence-electron chi connectivity index (χ2n) is 32.1. The molecular weight excluding hydrogens is 1530 g/mol. The Labute approximate surface area is 728 Å². The summed E-state index contributed by atoms with van der Waals surface area (Å²) in [6, 6.07) is 0. The predicted molar refractivity (Wildman–Crippen MR) is 500 cm³/mol. The van der Waals surface area contributed by atoms with Crippen LogP contribution >= 0.6 is 15.6 Å². The predicted octanol–water partition coefficient (Wildman–Crippen LogP) is 29.9. The van der Waals surface area contributed by atoms with Crippen molar-refractivity contribution in [1.29, 1.82) is 0 Å². The summed E-state index contributed by atoms with van der Waals surface area (Å²) in [6.07, 6.45) is 118. The molecule has 0 heterocycles.